The average Bonchev–Trinajstić information content (AvgIpc) is 2.63. The molecule has 1 aromatic rings. The molecule has 1 fully saturated rings. The van der Waals surface area contributed by atoms with Gasteiger partial charge in [-0.3, -0.25) is 0 Å². The molecular formula is C16H25FN2O. The number of likely N-dealkylation sites (tertiary alicyclic amines) is 1. The van der Waals surface area contributed by atoms with Gasteiger partial charge in [0.25, 0.3) is 0 Å². The van der Waals surface area contributed by atoms with Crippen LogP contribution in [0.2, 0.25) is 0 Å². The lowest BCUT2D eigenvalue weighted by Gasteiger charge is -2.24. The second-order valence-corrected chi connectivity index (χ2v) is 5.84. The summed E-state index contributed by atoms with van der Waals surface area (Å²) >= 11 is 0. The number of ether oxygens (including phenoxy) is 1. The van der Waals surface area contributed by atoms with Crippen molar-refractivity contribution in [2.75, 3.05) is 26.7 Å². The molecule has 20 heavy (non-hydrogen) atoms. The van der Waals surface area contributed by atoms with E-state index in [1.165, 1.54) is 32.4 Å². The van der Waals surface area contributed by atoms with E-state index in [-0.39, 0.29) is 17.6 Å². The maximum atomic E-state index is 13.7. The molecular weight excluding hydrogens is 255 g/mol. The first kappa shape index (κ1) is 15.3. The molecule has 2 N–H and O–H groups in total. The molecule has 1 aliphatic heterocycles. The Morgan fingerprint density at radius 3 is 2.90 bits per heavy atom. The Morgan fingerprint density at radius 1 is 1.40 bits per heavy atom. The number of nitrogens with two attached hydrogens (primary N) is 1. The summed E-state index contributed by atoms with van der Waals surface area (Å²) in [6.07, 6.45) is 3.75. The van der Waals surface area contributed by atoms with Crippen molar-refractivity contribution < 1.29 is 9.13 Å². The maximum absolute atomic E-state index is 13.7. The van der Waals surface area contributed by atoms with Crippen LogP contribution in [0.25, 0.3) is 0 Å². The largest absolute Gasteiger partial charge is 0.494 e. The normalized spacial score (nSPS) is 22.3. The summed E-state index contributed by atoms with van der Waals surface area (Å²) in [6.45, 7) is 5.28. The summed E-state index contributed by atoms with van der Waals surface area (Å²) in [5.74, 6) is 0.726. The van der Waals surface area contributed by atoms with Crippen molar-refractivity contribution >= 4 is 0 Å². The predicted octanol–water partition coefficient (Wildman–Crippen LogP) is 2.96. The Morgan fingerprint density at radius 2 is 2.20 bits per heavy atom. The summed E-state index contributed by atoms with van der Waals surface area (Å²) in [5.41, 5.74) is 7.06. The molecule has 1 aromatic carbocycles. The quantitative estimate of drug-likeness (QED) is 0.921. The second-order valence-electron chi connectivity index (χ2n) is 5.84. The molecule has 0 amide bonds. The summed E-state index contributed by atoms with van der Waals surface area (Å²) in [4.78, 5) is 2.40. The highest BCUT2D eigenvalue weighted by Gasteiger charge is 2.17. The molecule has 1 aliphatic rings. The monoisotopic (exact) mass is 280 g/mol. The number of hydrogen-bond donors (Lipinski definition) is 1. The van der Waals surface area contributed by atoms with Gasteiger partial charge in [0, 0.05) is 12.6 Å². The minimum atomic E-state index is -0.343. The lowest BCUT2D eigenvalue weighted by Crippen LogP contribution is -2.33. The van der Waals surface area contributed by atoms with E-state index in [1.807, 2.05) is 6.07 Å². The van der Waals surface area contributed by atoms with E-state index in [2.05, 4.69) is 11.8 Å². The molecule has 4 heteroatoms. The first-order valence-electron chi connectivity index (χ1n) is 7.41. The summed E-state index contributed by atoms with van der Waals surface area (Å²) in [6, 6.07) is 4.84. The lowest BCUT2D eigenvalue weighted by atomic mass is 10.0. The molecule has 1 saturated heterocycles. The van der Waals surface area contributed by atoms with Crippen molar-refractivity contribution in [1.29, 1.82) is 0 Å². The standard InChI is InChI=1S/C16H25FN2O/c1-12-4-3-8-19(9-7-12)11-15(18)13-5-6-16(20-2)14(17)10-13/h5-6,10,12,15H,3-4,7-9,11,18H2,1-2H3. The van der Waals surface area contributed by atoms with Crippen molar-refractivity contribution in [3.63, 3.8) is 0 Å². The van der Waals surface area contributed by atoms with Gasteiger partial charge in [0.15, 0.2) is 11.6 Å². The van der Waals surface area contributed by atoms with Crippen molar-refractivity contribution in [3.05, 3.63) is 29.6 Å². The smallest absolute Gasteiger partial charge is 0.165 e. The van der Waals surface area contributed by atoms with Gasteiger partial charge in [-0.25, -0.2) is 4.39 Å². The van der Waals surface area contributed by atoms with Crippen molar-refractivity contribution in [1.82, 2.24) is 4.90 Å². The topological polar surface area (TPSA) is 38.5 Å². The van der Waals surface area contributed by atoms with Gasteiger partial charge in [0.2, 0.25) is 0 Å². The Balaban J connectivity index is 1.97. The third-order valence-corrected chi connectivity index (χ3v) is 4.17. The summed E-state index contributed by atoms with van der Waals surface area (Å²) in [7, 11) is 1.47. The van der Waals surface area contributed by atoms with Crippen molar-refractivity contribution in [2.45, 2.75) is 32.2 Å². The van der Waals surface area contributed by atoms with Crippen LogP contribution in [0.3, 0.4) is 0 Å². The Hall–Kier alpha value is -1.13. The van der Waals surface area contributed by atoms with Gasteiger partial charge < -0.3 is 15.4 Å². The van der Waals surface area contributed by atoms with Crippen LogP contribution >= 0.6 is 0 Å². The number of rotatable bonds is 4. The molecule has 3 nitrogen and oxygen atoms in total. The van der Waals surface area contributed by atoms with E-state index in [0.29, 0.717) is 0 Å². The Bertz CT molecular complexity index is 438. The zero-order valence-electron chi connectivity index (χ0n) is 12.4. The van der Waals surface area contributed by atoms with Crippen LogP contribution in [0, 0.1) is 11.7 Å². The number of hydrogen-bond acceptors (Lipinski definition) is 3. The lowest BCUT2D eigenvalue weighted by molar-refractivity contribution is 0.264. The molecule has 0 bridgehead atoms. The molecule has 0 aliphatic carbocycles. The number of methoxy groups -OCH3 is 1. The fourth-order valence-electron chi connectivity index (χ4n) is 2.80. The van der Waals surface area contributed by atoms with Gasteiger partial charge in [-0.15, -0.1) is 0 Å². The zero-order chi connectivity index (χ0) is 14.5. The molecule has 112 valence electrons. The van der Waals surface area contributed by atoms with Crippen molar-refractivity contribution in [3.8, 4) is 5.75 Å². The number of halogens is 1. The van der Waals surface area contributed by atoms with Gasteiger partial charge in [-0.05, 0) is 56.0 Å². The van der Waals surface area contributed by atoms with Gasteiger partial charge in [-0.2, -0.15) is 0 Å². The van der Waals surface area contributed by atoms with Crippen LogP contribution in [-0.4, -0.2) is 31.6 Å². The minimum absolute atomic E-state index is 0.149. The van der Waals surface area contributed by atoms with E-state index < -0.39 is 0 Å². The highest BCUT2D eigenvalue weighted by atomic mass is 19.1. The highest BCUT2D eigenvalue weighted by Crippen LogP contribution is 2.23. The summed E-state index contributed by atoms with van der Waals surface area (Å²) in [5, 5.41) is 0. The van der Waals surface area contributed by atoms with Crippen LogP contribution in [0.1, 0.15) is 37.8 Å². The molecule has 2 unspecified atom stereocenters. The van der Waals surface area contributed by atoms with Crippen molar-refractivity contribution in [2.24, 2.45) is 11.7 Å². The molecule has 0 saturated carbocycles. The van der Waals surface area contributed by atoms with E-state index in [1.54, 1.807) is 6.07 Å². The summed E-state index contributed by atoms with van der Waals surface area (Å²) < 4.78 is 18.6. The third-order valence-electron chi connectivity index (χ3n) is 4.17. The predicted molar refractivity (Wildman–Crippen MR) is 79.3 cm³/mol. The molecule has 2 rings (SSSR count). The van der Waals surface area contributed by atoms with E-state index >= 15 is 0 Å². The maximum Gasteiger partial charge on any atom is 0.165 e. The number of nitrogens with zero attached hydrogens (tertiary/aromatic N) is 1. The molecule has 0 aromatic heterocycles. The molecule has 1 heterocycles. The average molecular weight is 280 g/mol. The van der Waals surface area contributed by atoms with Gasteiger partial charge in [0.05, 0.1) is 7.11 Å². The van der Waals surface area contributed by atoms with E-state index in [4.69, 9.17) is 10.5 Å². The van der Waals surface area contributed by atoms with E-state index in [9.17, 15) is 4.39 Å². The van der Waals surface area contributed by atoms with Crippen LogP contribution < -0.4 is 10.5 Å². The third kappa shape index (κ3) is 3.93. The Labute approximate surface area is 120 Å². The molecule has 0 spiro atoms. The molecule has 0 radical (unpaired) electrons. The number of benzene rings is 1. The van der Waals surface area contributed by atoms with Gasteiger partial charge >= 0.3 is 0 Å². The van der Waals surface area contributed by atoms with E-state index in [0.717, 1.165) is 31.1 Å². The highest BCUT2D eigenvalue weighted by molar-refractivity contribution is 5.31. The van der Waals surface area contributed by atoms with Crippen LogP contribution in [0.4, 0.5) is 4.39 Å². The fourth-order valence-corrected chi connectivity index (χ4v) is 2.80. The zero-order valence-corrected chi connectivity index (χ0v) is 12.4. The van der Waals surface area contributed by atoms with Crippen LogP contribution in [0.5, 0.6) is 5.75 Å². The Kier molecular flexibility index (Phi) is 5.38. The second kappa shape index (κ2) is 7.04. The first-order valence-corrected chi connectivity index (χ1v) is 7.41. The molecule has 2 atom stereocenters. The van der Waals surface area contributed by atoms with Crippen LogP contribution in [0.15, 0.2) is 18.2 Å². The van der Waals surface area contributed by atoms with Crippen LogP contribution in [-0.2, 0) is 0 Å². The fraction of sp³-hybridized carbons (Fsp3) is 0.625. The minimum Gasteiger partial charge on any atom is -0.494 e. The SMILES string of the molecule is COc1ccc(C(N)CN2CCCC(C)CC2)cc1F. The van der Waals surface area contributed by atoms with Gasteiger partial charge in [-0.1, -0.05) is 13.0 Å². The van der Waals surface area contributed by atoms with Gasteiger partial charge in [0.1, 0.15) is 0 Å². The first-order chi connectivity index (χ1) is 9.60.